The van der Waals surface area contributed by atoms with Gasteiger partial charge in [-0.25, -0.2) is 0 Å². The van der Waals surface area contributed by atoms with E-state index in [4.69, 9.17) is 4.42 Å². The van der Waals surface area contributed by atoms with Gasteiger partial charge in [0.25, 0.3) is 17.4 Å². The molecule has 0 spiro atoms. The Bertz CT molecular complexity index is 1000. The molecule has 8 nitrogen and oxygen atoms in total. The summed E-state index contributed by atoms with van der Waals surface area (Å²) in [7, 11) is 0. The second-order valence-corrected chi connectivity index (χ2v) is 8.56. The Kier molecular flexibility index (Phi) is 4.94. The predicted molar refractivity (Wildman–Crippen MR) is 110 cm³/mol. The minimum Gasteiger partial charge on any atom is -0.459 e. The van der Waals surface area contributed by atoms with Crippen LogP contribution in [0.4, 0.5) is 0 Å². The van der Waals surface area contributed by atoms with Crippen LogP contribution in [0.5, 0.6) is 0 Å². The van der Waals surface area contributed by atoms with E-state index < -0.39 is 0 Å². The van der Waals surface area contributed by atoms with Gasteiger partial charge in [-0.3, -0.25) is 14.4 Å². The van der Waals surface area contributed by atoms with Crippen LogP contribution in [0.1, 0.15) is 51.8 Å². The van der Waals surface area contributed by atoms with Crippen LogP contribution in [0.15, 0.2) is 39.7 Å². The Morgan fingerprint density at radius 3 is 2.73 bits per heavy atom. The van der Waals surface area contributed by atoms with Crippen molar-refractivity contribution in [2.24, 2.45) is 5.92 Å². The lowest BCUT2D eigenvalue weighted by atomic mass is 9.84. The number of aromatic nitrogens is 1. The van der Waals surface area contributed by atoms with Crippen molar-refractivity contribution < 1.29 is 14.0 Å². The first-order chi connectivity index (χ1) is 14.6. The van der Waals surface area contributed by atoms with Gasteiger partial charge in [-0.2, -0.15) is 0 Å². The number of piperidine rings is 2. The molecule has 0 aliphatic carbocycles. The molecule has 30 heavy (non-hydrogen) atoms. The summed E-state index contributed by atoms with van der Waals surface area (Å²) in [6.45, 7) is 3.57. The summed E-state index contributed by atoms with van der Waals surface area (Å²) in [5.41, 5.74) is 1.05. The Balaban J connectivity index is 1.24. The molecule has 0 saturated carbocycles. The molecule has 5 heterocycles. The van der Waals surface area contributed by atoms with Crippen LogP contribution < -0.4 is 16.2 Å². The van der Waals surface area contributed by atoms with Crippen molar-refractivity contribution >= 4 is 11.8 Å². The highest BCUT2D eigenvalue weighted by atomic mass is 16.3. The van der Waals surface area contributed by atoms with Gasteiger partial charge >= 0.3 is 0 Å². The topological polar surface area (TPSA) is 96.6 Å². The lowest BCUT2D eigenvalue weighted by Gasteiger charge is -2.37. The molecule has 0 radical (unpaired) electrons. The van der Waals surface area contributed by atoms with Crippen LogP contribution in [0.2, 0.25) is 0 Å². The molecule has 0 unspecified atom stereocenters. The number of nitrogens with one attached hydrogen (secondary N) is 2. The van der Waals surface area contributed by atoms with Crippen LogP contribution in [-0.2, 0) is 6.54 Å². The van der Waals surface area contributed by atoms with Crippen molar-refractivity contribution in [3.8, 4) is 0 Å². The summed E-state index contributed by atoms with van der Waals surface area (Å²) in [5, 5.41) is 6.43. The maximum atomic E-state index is 13.0. The second-order valence-electron chi connectivity index (χ2n) is 8.56. The molecule has 3 aliphatic rings. The number of likely N-dealkylation sites (tertiary alicyclic amines) is 1. The quantitative estimate of drug-likeness (QED) is 0.792. The molecule has 2 fully saturated rings. The Morgan fingerprint density at radius 1 is 1.13 bits per heavy atom. The lowest BCUT2D eigenvalue weighted by molar-refractivity contribution is 0.0667. The average molecular weight is 410 g/mol. The summed E-state index contributed by atoms with van der Waals surface area (Å²) in [4.78, 5) is 40.0. The number of furan rings is 1. The van der Waals surface area contributed by atoms with Gasteiger partial charge in [0.05, 0.1) is 6.26 Å². The zero-order valence-electron chi connectivity index (χ0n) is 16.8. The molecule has 2 aromatic heterocycles. The van der Waals surface area contributed by atoms with Crippen LogP contribution >= 0.6 is 0 Å². The van der Waals surface area contributed by atoms with Gasteiger partial charge in [0, 0.05) is 43.8 Å². The number of amides is 2. The minimum atomic E-state index is -0.319. The Labute approximate surface area is 174 Å². The fraction of sp³-hybridized carbons (Fsp3) is 0.500. The van der Waals surface area contributed by atoms with Crippen molar-refractivity contribution in [2.45, 2.75) is 37.8 Å². The summed E-state index contributed by atoms with van der Waals surface area (Å²) in [6.07, 6.45) is 3.90. The van der Waals surface area contributed by atoms with Crippen molar-refractivity contribution in [1.29, 1.82) is 0 Å². The lowest BCUT2D eigenvalue weighted by Crippen LogP contribution is -2.48. The van der Waals surface area contributed by atoms with Gasteiger partial charge in [-0.15, -0.1) is 0 Å². The molecule has 2 aromatic rings. The Hall–Kier alpha value is -2.87. The van der Waals surface area contributed by atoms with E-state index in [2.05, 4.69) is 10.6 Å². The molecule has 2 N–H and O–H groups in total. The van der Waals surface area contributed by atoms with Gasteiger partial charge in [-0.05, 0) is 56.0 Å². The molecule has 5 rings (SSSR count). The van der Waals surface area contributed by atoms with Crippen LogP contribution in [0, 0.1) is 5.92 Å². The van der Waals surface area contributed by atoms with Gasteiger partial charge < -0.3 is 24.5 Å². The van der Waals surface area contributed by atoms with E-state index in [0.717, 1.165) is 25.2 Å². The first-order valence-corrected chi connectivity index (χ1v) is 10.7. The van der Waals surface area contributed by atoms with Crippen LogP contribution in [0.25, 0.3) is 0 Å². The van der Waals surface area contributed by atoms with E-state index in [1.54, 1.807) is 27.7 Å². The summed E-state index contributed by atoms with van der Waals surface area (Å²) >= 11 is 0. The van der Waals surface area contributed by atoms with Gasteiger partial charge in [0.2, 0.25) is 0 Å². The standard InChI is InChI=1S/C22H26N4O4/c27-20(24-16-5-7-25(8-6-16)22(29)19-2-1-9-30-19)17-3-4-18-15-10-14(11-23-12-15)13-26(18)21(17)28/h1-4,9,14-16,23H,5-8,10-13H2,(H,24,27)/t14-,15+/m0/s1. The van der Waals surface area contributed by atoms with Gasteiger partial charge in [0.15, 0.2) is 5.76 Å². The first-order valence-electron chi connectivity index (χ1n) is 10.7. The largest absolute Gasteiger partial charge is 0.459 e. The maximum Gasteiger partial charge on any atom is 0.289 e. The van der Waals surface area contributed by atoms with Crippen molar-refractivity contribution in [2.75, 3.05) is 26.2 Å². The number of fused-ring (bicyclic) bond motifs is 4. The molecule has 3 aliphatic heterocycles. The smallest absolute Gasteiger partial charge is 0.289 e. The molecule has 2 bridgehead atoms. The zero-order chi connectivity index (χ0) is 20.7. The first kappa shape index (κ1) is 19.1. The maximum absolute atomic E-state index is 13.0. The normalized spacial score (nSPS) is 23.7. The number of hydrogen-bond acceptors (Lipinski definition) is 5. The number of carbonyl (C=O) groups is 2. The molecule has 8 heteroatoms. The SMILES string of the molecule is O=C(NC1CCN(C(=O)c2ccco2)CC1)c1ccc2n(c1=O)C[C@@H]1CNC[C@H]2C1. The van der Waals surface area contributed by atoms with E-state index in [9.17, 15) is 14.4 Å². The fourth-order valence-electron chi connectivity index (χ4n) is 5.01. The molecular weight excluding hydrogens is 384 g/mol. The van der Waals surface area contributed by atoms with Crippen molar-refractivity contribution in [3.05, 3.63) is 57.9 Å². The summed E-state index contributed by atoms with van der Waals surface area (Å²) in [5.74, 6) is 0.680. The van der Waals surface area contributed by atoms with Gasteiger partial charge in [-0.1, -0.05) is 0 Å². The molecule has 2 saturated heterocycles. The summed E-state index contributed by atoms with van der Waals surface area (Å²) in [6, 6.07) is 6.91. The van der Waals surface area contributed by atoms with E-state index in [-0.39, 0.29) is 29.0 Å². The van der Waals surface area contributed by atoms with E-state index in [1.165, 1.54) is 6.26 Å². The second kappa shape index (κ2) is 7.75. The highest BCUT2D eigenvalue weighted by Gasteiger charge is 2.32. The fourth-order valence-corrected chi connectivity index (χ4v) is 5.01. The molecule has 2 atom stereocenters. The number of hydrogen-bond donors (Lipinski definition) is 2. The third-order valence-electron chi connectivity index (χ3n) is 6.60. The molecule has 158 valence electrons. The van der Waals surface area contributed by atoms with Crippen molar-refractivity contribution in [3.63, 3.8) is 0 Å². The van der Waals surface area contributed by atoms with Gasteiger partial charge in [0.1, 0.15) is 5.56 Å². The highest BCUT2D eigenvalue weighted by molar-refractivity contribution is 5.94. The molecule has 0 aromatic carbocycles. The number of pyridine rings is 1. The predicted octanol–water partition coefficient (Wildman–Crippen LogP) is 1.18. The number of nitrogens with zero attached hydrogens (tertiary/aromatic N) is 2. The highest BCUT2D eigenvalue weighted by Crippen LogP contribution is 2.31. The number of carbonyl (C=O) groups excluding carboxylic acids is 2. The number of rotatable bonds is 3. The summed E-state index contributed by atoms with van der Waals surface area (Å²) < 4.78 is 6.99. The van der Waals surface area contributed by atoms with E-state index in [0.29, 0.717) is 50.1 Å². The zero-order valence-corrected chi connectivity index (χ0v) is 16.8. The molecule has 2 amide bonds. The molecular formula is C22H26N4O4. The van der Waals surface area contributed by atoms with Crippen LogP contribution in [0.3, 0.4) is 0 Å². The third-order valence-corrected chi connectivity index (χ3v) is 6.60. The van der Waals surface area contributed by atoms with Crippen LogP contribution in [-0.4, -0.2) is 53.5 Å². The van der Waals surface area contributed by atoms with E-state index in [1.807, 2.05) is 6.07 Å². The minimum absolute atomic E-state index is 0.0536. The van der Waals surface area contributed by atoms with Crippen molar-refractivity contribution in [1.82, 2.24) is 20.1 Å². The van der Waals surface area contributed by atoms with E-state index >= 15 is 0 Å². The monoisotopic (exact) mass is 410 g/mol. The Morgan fingerprint density at radius 2 is 1.97 bits per heavy atom. The average Bonchev–Trinajstić information content (AvgIpc) is 3.30. The third kappa shape index (κ3) is 3.45.